The molecule has 0 aliphatic heterocycles. The first-order valence-electron chi connectivity index (χ1n) is 9.96. The number of carbonyl (C=O) groups excluding carboxylic acids is 1. The Morgan fingerprint density at radius 3 is 2.77 bits per heavy atom. The number of hydrogen-bond acceptors (Lipinski definition) is 5. The van der Waals surface area contributed by atoms with E-state index in [2.05, 4.69) is 31.0 Å². The van der Waals surface area contributed by atoms with Crippen LogP contribution in [-0.2, 0) is 13.6 Å². The second-order valence-electron chi connectivity index (χ2n) is 7.96. The van der Waals surface area contributed by atoms with E-state index in [0.717, 1.165) is 34.7 Å². The molecule has 0 radical (unpaired) electrons. The molecule has 1 aliphatic carbocycles. The number of amides is 1. The predicted octanol–water partition coefficient (Wildman–Crippen LogP) is 4.11. The molecule has 0 saturated heterocycles. The van der Waals surface area contributed by atoms with Gasteiger partial charge in [-0.25, -0.2) is 9.37 Å². The van der Waals surface area contributed by atoms with Crippen LogP contribution in [0.15, 0.2) is 35.1 Å². The summed E-state index contributed by atoms with van der Waals surface area (Å²) in [5.74, 6) is -0.164. The standard InChI is InChI=1S/C22H20BrFN6O/c1-11-5-18-15(20-16(21(25)28-18)9-27-29(20)2)7-14(11)22(31)30(13-3-4-13)10-19-17(24)6-12(23)8-26-19/h5-9,13H,3-4,10H2,1-2H3,(H2,25,28). The number of pyridine rings is 2. The minimum Gasteiger partial charge on any atom is -0.383 e. The fourth-order valence-corrected chi connectivity index (χ4v) is 4.27. The Labute approximate surface area is 186 Å². The number of halogens is 2. The lowest BCUT2D eigenvalue weighted by Gasteiger charge is -2.23. The minimum atomic E-state index is -0.431. The number of aromatic nitrogens is 4. The number of hydrogen-bond donors (Lipinski definition) is 1. The van der Waals surface area contributed by atoms with E-state index in [9.17, 15) is 9.18 Å². The number of nitrogen functional groups attached to an aromatic ring is 1. The highest BCUT2D eigenvalue weighted by Crippen LogP contribution is 2.33. The molecule has 1 aromatic carbocycles. The maximum atomic E-state index is 14.4. The predicted molar refractivity (Wildman–Crippen MR) is 120 cm³/mol. The fraction of sp³-hybridized carbons (Fsp3) is 0.273. The van der Waals surface area contributed by atoms with Crippen molar-refractivity contribution in [1.82, 2.24) is 24.6 Å². The molecule has 1 aliphatic rings. The van der Waals surface area contributed by atoms with Crippen LogP contribution in [0.5, 0.6) is 0 Å². The highest BCUT2D eigenvalue weighted by atomic mass is 79.9. The van der Waals surface area contributed by atoms with Gasteiger partial charge in [-0.15, -0.1) is 0 Å². The van der Waals surface area contributed by atoms with Gasteiger partial charge in [0, 0.05) is 34.7 Å². The van der Waals surface area contributed by atoms with E-state index >= 15 is 0 Å². The maximum absolute atomic E-state index is 14.4. The zero-order valence-corrected chi connectivity index (χ0v) is 18.6. The number of benzene rings is 1. The first-order valence-corrected chi connectivity index (χ1v) is 10.7. The van der Waals surface area contributed by atoms with Gasteiger partial charge in [0.05, 0.1) is 34.9 Å². The topological polar surface area (TPSA) is 89.9 Å². The molecule has 0 atom stereocenters. The second-order valence-corrected chi connectivity index (χ2v) is 8.87. The van der Waals surface area contributed by atoms with Crippen molar-refractivity contribution in [2.24, 2.45) is 7.05 Å². The summed E-state index contributed by atoms with van der Waals surface area (Å²) in [6.45, 7) is 2.00. The number of rotatable bonds is 4. The summed E-state index contributed by atoms with van der Waals surface area (Å²) in [4.78, 5) is 24.0. The van der Waals surface area contributed by atoms with Crippen molar-refractivity contribution in [3.05, 3.63) is 57.7 Å². The molecule has 0 bridgehead atoms. The molecular formula is C22H20BrFN6O. The van der Waals surface area contributed by atoms with Crippen LogP contribution in [0.2, 0.25) is 0 Å². The Morgan fingerprint density at radius 2 is 2.06 bits per heavy atom. The zero-order chi connectivity index (χ0) is 21.9. The summed E-state index contributed by atoms with van der Waals surface area (Å²) in [6.07, 6.45) is 5.03. The van der Waals surface area contributed by atoms with Gasteiger partial charge in [0.25, 0.3) is 5.91 Å². The van der Waals surface area contributed by atoms with E-state index in [4.69, 9.17) is 5.73 Å². The lowest BCUT2D eigenvalue weighted by Crippen LogP contribution is -2.33. The number of nitrogens with zero attached hydrogens (tertiary/aromatic N) is 5. The molecule has 0 unspecified atom stereocenters. The van der Waals surface area contributed by atoms with Crippen molar-refractivity contribution in [2.45, 2.75) is 32.4 Å². The van der Waals surface area contributed by atoms with Gasteiger partial charge in [-0.3, -0.25) is 14.5 Å². The Hall–Kier alpha value is -3.07. The van der Waals surface area contributed by atoms with E-state index in [1.54, 1.807) is 22.0 Å². The largest absolute Gasteiger partial charge is 0.383 e. The smallest absolute Gasteiger partial charge is 0.254 e. The Morgan fingerprint density at radius 1 is 1.29 bits per heavy atom. The summed E-state index contributed by atoms with van der Waals surface area (Å²) in [7, 11) is 1.83. The lowest BCUT2D eigenvalue weighted by molar-refractivity contribution is 0.0725. The Kier molecular flexibility index (Phi) is 4.65. The third-order valence-electron chi connectivity index (χ3n) is 5.74. The molecule has 4 aromatic rings. The third-order valence-corrected chi connectivity index (χ3v) is 6.17. The second kappa shape index (κ2) is 7.26. The normalized spacial score (nSPS) is 13.8. The van der Waals surface area contributed by atoms with Gasteiger partial charge in [0.15, 0.2) is 0 Å². The monoisotopic (exact) mass is 482 g/mol. The summed E-state index contributed by atoms with van der Waals surface area (Å²) in [6, 6.07) is 5.18. The number of nitrogens with two attached hydrogens (primary N) is 1. The van der Waals surface area contributed by atoms with Gasteiger partial charge in [0.1, 0.15) is 11.6 Å². The number of fused-ring (bicyclic) bond motifs is 3. The van der Waals surface area contributed by atoms with Gasteiger partial charge >= 0.3 is 0 Å². The van der Waals surface area contributed by atoms with E-state index in [-0.39, 0.29) is 24.2 Å². The van der Waals surface area contributed by atoms with Gasteiger partial charge in [-0.1, -0.05) is 0 Å². The van der Waals surface area contributed by atoms with Gasteiger partial charge in [0.2, 0.25) is 0 Å². The van der Waals surface area contributed by atoms with E-state index in [1.165, 1.54) is 6.07 Å². The molecule has 2 N–H and O–H groups in total. The van der Waals surface area contributed by atoms with E-state index in [0.29, 0.717) is 21.4 Å². The summed E-state index contributed by atoms with van der Waals surface area (Å²) in [5, 5.41) is 5.85. The molecule has 5 rings (SSSR count). The molecule has 7 nitrogen and oxygen atoms in total. The van der Waals surface area contributed by atoms with Gasteiger partial charge in [-0.05, 0) is 59.5 Å². The van der Waals surface area contributed by atoms with Gasteiger partial charge < -0.3 is 10.6 Å². The van der Waals surface area contributed by atoms with Crippen LogP contribution < -0.4 is 5.73 Å². The quantitative estimate of drug-likeness (QED) is 0.472. The van der Waals surface area contributed by atoms with Gasteiger partial charge in [-0.2, -0.15) is 5.10 Å². The van der Waals surface area contributed by atoms with Crippen molar-refractivity contribution in [1.29, 1.82) is 0 Å². The molecule has 3 aromatic heterocycles. The average molecular weight is 483 g/mol. The maximum Gasteiger partial charge on any atom is 0.254 e. The summed E-state index contributed by atoms with van der Waals surface area (Å²) < 4.78 is 16.7. The van der Waals surface area contributed by atoms with Crippen molar-refractivity contribution in [3.8, 4) is 0 Å². The average Bonchev–Trinajstić information content (AvgIpc) is 3.48. The minimum absolute atomic E-state index is 0.0914. The first-order chi connectivity index (χ1) is 14.8. The first kappa shape index (κ1) is 19.9. The lowest BCUT2D eigenvalue weighted by atomic mass is 10.0. The van der Waals surface area contributed by atoms with Crippen LogP contribution in [0.25, 0.3) is 21.8 Å². The number of aryl methyl sites for hydroxylation is 2. The van der Waals surface area contributed by atoms with E-state index in [1.807, 2.05) is 26.1 Å². The van der Waals surface area contributed by atoms with Crippen LogP contribution >= 0.6 is 15.9 Å². The molecular weight excluding hydrogens is 463 g/mol. The number of carbonyl (C=O) groups is 1. The van der Waals surface area contributed by atoms with Crippen molar-refractivity contribution in [3.63, 3.8) is 0 Å². The molecule has 1 amide bonds. The fourth-order valence-electron chi connectivity index (χ4n) is 3.97. The molecule has 1 saturated carbocycles. The van der Waals surface area contributed by atoms with Crippen molar-refractivity contribution < 1.29 is 9.18 Å². The highest BCUT2D eigenvalue weighted by Gasteiger charge is 2.34. The Bertz CT molecular complexity index is 1360. The van der Waals surface area contributed by atoms with Crippen LogP contribution in [-0.4, -0.2) is 36.6 Å². The van der Waals surface area contributed by atoms with Crippen LogP contribution in [0.1, 0.15) is 34.5 Å². The molecule has 9 heteroatoms. The van der Waals surface area contributed by atoms with Crippen LogP contribution in [0.4, 0.5) is 10.2 Å². The highest BCUT2D eigenvalue weighted by molar-refractivity contribution is 9.10. The molecule has 0 spiro atoms. The summed E-state index contributed by atoms with van der Waals surface area (Å²) in [5.41, 5.74) is 9.25. The van der Waals surface area contributed by atoms with Crippen molar-refractivity contribution in [2.75, 3.05) is 5.73 Å². The molecule has 158 valence electrons. The van der Waals surface area contributed by atoms with Crippen LogP contribution in [0.3, 0.4) is 0 Å². The zero-order valence-electron chi connectivity index (χ0n) is 17.1. The summed E-state index contributed by atoms with van der Waals surface area (Å²) >= 11 is 3.22. The Balaban J connectivity index is 1.60. The number of anilines is 1. The SMILES string of the molecule is Cc1cc2nc(N)c3cnn(C)c3c2cc1C(=O)N(Cc1ncc(Br)cc1F)C1CC1. The van der Waals surface area contributed by atoms with E-state index < -0.39 is 5.82 Å². The van der Waals surface area contributed by atoms with Crippen molar-refractivity contribution >= 4 is 49.5 Å². The third kappa shape index (κ3) is 3.42. The molecule has 3 heterocycles. The van der Waals surface area contributed by atoms with Crippen LogP contribution in [0, 0.1) is 12.7 Å². The molecule has 1 fully saturated rings. The molecule has 31 heavy (non-hydrogen) atoms.